The molecule has 0 unspecified atom stereocenters. The lowest BCUT2D eigenvalue weighted by atomic mass is 10.0. The summed E-state index contributed by atoms with van der Waals surface area (Å²) in [4.78, 5) is 11.7. The molecule has 2 aromatic rings. The molecule has 2 rings (SSSR count). The number of rotatable bonds is 4. The smallest absolute Gasteiger partial charge is 0.141 e. The van der Waals surface area contributed by atoms with Gasteiger partial charge in [-0.2, -0.15) is 0 Å². The minimum atomic E-state index is -0.729. The Morgan fingerprint density at radius 3 is 2.00 bits per heavy atom. The van der Waals surface area contributed by atoms with Gasteiger partial charge in [0.1, 0.15) is 23.2 Å². The van der Waals surface area contributed by atoms with Crippen LogP contribution in [0.4, 0.5) is 13.2 Å². The van der Waals surface area contributed by atoms with Gasteiger partial charge in [-0.05, 0) is 29.8 Å². The first-order valence-corrected chi connectivity index (χ1v) is 5.75. The summed E-state index contributed by atoms with van der Waals surface area (Å²) >= 11 is 0. The second-order valence-corrected chi connectivity index (χ2v) is 4.22. The van der Waals surface area contributed by atoms with E-state index in [1.807, 2.05) is 0 Å². The van der Waals surface area contributed by atoms with Gasteiger partial charge in [0, 0.05) is 18.4 Å². The standard InChI is InChI=1S/C15H11F3O/c16-11-6-4-10(5-7-11)8-12(19)9-13-14(17)2-1-3-15(13)18/h1-7H,8-9H2. The Labute approximate surface area is 108 Å². The average Bonchev–Trinajstić information content (AvgIpc) is 2.37. The molecule has 0 bridgehead atoms. The maximum absolute atomic E-state index is 13.4. The first-order chi connectivity index (χ1) is 9.06. The minimum Gasteiger partial charge on any atom is -0.299 e. The van der Waals surface area contributed by atoms with Gasteiger partial charge in [0.05, 0.1) is 0 Å². The van der Waals surface area contributed by atoms with E-state index in [0.717, 1.165) is 12.1 Å². The Kier molecular flexibility index (Phi) is 4.00. The van der Waals surface area contributed by atoms with E-state index in [1.54, 1.807) is 0 Å². The number of hydrogen-bond donors (Lipinski definition) is 0. The number of ketones is 1. The molecular formula is C15H11F3O. The van der Waals surface area contributed by atoms with Crippen molar-refractivity contribution >= 4 is 5.78 Å². The largest absolute Gasteiger partial charge is 0.299 e. The van der Waals surface area contributed by atoms with Crippen molar-refractivity contribution in [3.05, 3.63) is 71.0 Å². The second kappa shape index (κ2) is 5.69. The van der Waals surface area contributed by atoms with Gasteiger partial charge in [-0.15, -0.1) is 0 Å². The fraction of sp³-hybridized carbons (Fsp3) is 0.133. The van der Waals surface area contributed by atoms with Gasteiger partial charge in [0.2, 0.25) is 0 Å². The van der Waals surface area contributed by atoms with Crippen LogP contribution in [0.2, 0.25) is 0 Å². The van der Waals surface area contributed by atoms with Crippen molar-refractivity contribution in [3.8, 4) is 0 Å². The Balaban J connectivity index is 2.07. The van der Waals surface area contributed by atoms with E-state index >= 15 is 0 Å². The fourth-order valence-corrected chi connectivity index (χ4v) is 1.79. The Morgan fingerprint density at radius 1 is 0.842 bits per heavy atom. The highest BCUT2D eigenvalue weighted by Gasteiger charge is 2.13. The van der Waals surface area contributed by atoms with E-state index in [0.29, 0.717) is 5.56 Å². The summed E-state index contributed by atoms with van der Waals surface area (Å²) in [6.45, 7) is 0. The zero-order valence-electron chi connectivity index (χ0n) is 10.00. The van der Waals surface area contributed by atoms with Crippen LogP contribution in [-0.2, 0) is 17.6 Å². The predicted octanol–water partition coefficient (Wildman–Crippen LogP) is 3.46. The van der Waals surface area contributed by atoms with Gasteiger partial charge in [-0.1, -0.05) is 18.2 Å². The van der Waals surface area contributed by atoms with Crippen LogP contribution in [0.3, 0.4) is 0 Å². The van der Waals surface area contributed by atoms with Crippen molar-refractivity contribution in [1.82, 2.24) is 0 Å². The third-order valence-corrected chi connectivity index (χ3v) is 2.75. The highest BCUT2D eigenvalue weighted by Crippen LogP contribution is 2.14. The summed E-state index contributed by atoms with van der Waals surface area (Å²) in [5.41, 5.74) is 0.387. The van der Waals surface area contributed by atoms with Crippen LogP contribution in [0.25, 0.3) is 0 Å². The van der Waals surface area contributed by atoms with Crippen molar-refractivity contribution in [1.29, 1.82) is 0 Å². The first-order valence-electron chi connectivity index (χ1n) is 5.75. The lowest BCUT2D eigenvalue weighted by molar-refractivity contribution is -0.117. The molecule has 0 N–H and O–H groups in total. The highest BCUT2D eigenvalue weighted by atomic mass is 19.1. The zero-order valence-corrected chi connectivity index (χ0v) is 10.00. The predicted molar refractivity (Wildman–Crippen MR) is 65.2 cm³/mol. The van der Waals surface area contributed by atoms with Gasteiger partial charge >= 0.3 is 0 Å². The lowest BCUT2D eigenvalue weighted by Gasteiger charge is -2.04. The van der Waals surface area contributed by atoms with Gasteiger partial charge in [-0.25, -0.2) is 13.2 Å². The van der Waals surface area contributed by atoms with Gasteiger partial charge in [0.15, 0.2) is 0 Å². The third-order valence-electron chi connectivity index (χ3n) is 2.75. The monoisotopic (exact) mass is 264 g/mol. The molecule has 0 amide bonds. The van der Waals surface area contributed by atoms with Crippen LogP contribution < -0.4 is 0 Å². The Morgan fingerprint density at radius 2 is 1.42 bits per heavy atom. The third kappa shape index (κ3) is 3.44. The van der Waals surface area contributed by atoms with Gasteiger partial charge in [-0.3, -0.25) is 4.79 Å². The number of carbonyl (C=O) groups excluding carboxylic acids is 1. The average molecular weight is 264 g/mol. The molecule has 98 valence electrons. The molecule has 4 heteroatoms. The van der Waals surface area contributed by atoms with Crippen molar-refractivity contribution in [3.63, 3.8) is 0 Å². The number of Topliss-reactive ketones (excluding diaryl/α,β-unsaturated/α-hetero) is 1. The van der Waals surface area contributed by atoms with E-state index in [4.69, 9.17) is 0 Å². The summed E-state index contributed by atoms with van der Waals surface area (Å²) in [7, 11) is 0. The lowest BCUT2D eigenvalue weighted by Crippen LogP contribution is -2.09. The van der Waals surface area contributed by atoms with Gasteiger partial charge < -0.3 is 0 Å². The molecule has 0 heterocycles. The van der Waals surface area contributed by atoms with E-state index < -0.39 is 17.5 Å². The first kappa shape index (κ1) is 13.3. The van der Waals surface area contributed by atoms with Crippen molar-refractivity contribution in [2.45, 2.75) is 12.8 Å². The fourth-order valence-electron chi connectivity index (χ4n) is 1.79. The number of halogens is 3. The summed E-state index contributed by atoms with van der Waals surface area (Å²) < 4.78 is 39.4. The summed E-state index contributed by atoms with van der Waals surface area (Å²) in [6.07, 6.45) is -0.288. The molecular weight excluding hydrogens is 253 g/mol. The molecule has 0 fully saturated rings. The number of benzene rings is 2. The molecule has 19 heavy (non-hydrogen) atoms. The zero-order chi connectivity index (χ0) is 13.8. The molecule has 0 aromatic heterocycles. The second-order valence-electron chi connectivity index (χ2n) is 4.22. The van der Waals surface area contributed by atoms with Crippen molar-refractivity contribution < 1.29 is 18.0 Å². The van der Waals surface area contributed by atoms with Crippen LogP contribution in [0.5, 0.6) is 0 Å². The molecule has 0 aliphatic heterocycles. The normalized spacial score (nSPS) is 10.5. The molecule has 0 aliphatic carbocycles. The summed E-state index contributed by atoms with van der Waals surface area (Å²) in [5, 5.41) is 0. The van der Waals surface area contributed by atoms with Gasteiger partial charge in [0.25, 0.3) is 0 Å². The Hall–Kier alpha value is -2.10. The van der Waals surface area contributed by atoms with E-state index in [1.165, 1.54) is 30.3 Å². The number of carbonyl (C=O) groups is 1. The molecule has 0 spiro atoms. The molecule has 1 nitrogen and oxygen atoms in total. The summed E-state index contributed by atoms with van der Waals surface area (Å²) in [5.74, 6) is -2.17. The molecule has 0 atom stereocenters. The molecule has 0 saturated heterocycles. The maximum atomic E-state index is 13.4. The number of hydrogen-bond acceptors (Lipinski definition) is 1. The van der Waals surface area contributed by atoms with Crippen LogP contribution in [-0.4, -0.2) is 5.78 Å². The molecule has 0 aliphatic rings. The minimum absolute atomic E-state index is 0.0219. The van der Waals surface area contributed by atoms with Crippen LogP contribution >= 0.6 is 0 Å². The molecule has 0 radical (unpaired) electrons. The SMILES string of the molecule is O=C(Cc1ccc(F)cc1)Cc1c(F)cccc1F. The van der Waals surface area contributed by atoms with Crippen LogP contribution in [0.15, 0.2) is 42.5 Å². The van der Waals surface area contributed by atoms with Crippen molar-refractivity contribution in [2.24, 2.45) is 0 Å². The summed E-state index contributed by atoms with van der Waals surface area (Å²) in [6, 6.07) is 8.92. The van der Waals surface area contributed by atoms with Crippen LogP contribution in [0, 0.1) is 17.5 Å². The topological polar surface area (TPSA) is 17.1 Å². The Bertz CT molecular complexity index is 571. The molecule has 0 saturated carbocycles. The van der Waals surface area contributed by atoms with Crippen molar-refractivity contribution in [2.75, 3.05) is 0 Å². The van der Waals surface area contributed by atoms with Crippen LogP contribution in [0.1, 0.15) is 11.1 Å². The van der Waals surface area contributed by atoms with E-state index in [2.05, 4.69) is 0 Å². The van der Waals surface area contributed by atoms with E-state index in [9.17, 15) is 18.0 Å². The highest BCUT2D eigenvalue weighted by molar-refractivity contribution is 5.83. The maximum Gasteiger partial charge on any atom is 0.141 e. The quantitative estimate of drug-likeness (QED) is 0.826. The van der Waals surface area contributed by atoms with E-state index in [-0.39, 0.29) is 24.2 Å². The molecule has 2 aromatic carbocycles.